The third-order valence-electron chi connectivity index (χ3n) is 4.80. The molecule has 2 N–H and O–H groups in total. The van der Waals surface area contributed by atoms with Gasteiger partial charge in [-0.2, -0.15) is 11.8 Å². The van der Waals surface area contributed by atoms with E-state index in [0.717, 1.165) is 44.1 Å². The summed E-state index contributed by atoms with van der Waals surface area (Å²) in [5.41, 5.74) is 6.00. The first kappa shape index (κ1) is 16.1. The molecular formula is C15H29N3OS. The molecule has 20 heavy (non-hydrogen) atoms. The highest BCUT2D eigenvalue weighted by Crippen LogP contribution is 2.25. The first-order valence-electron chi connectivity index (χ1n) is 7.92. The normalized spacial score (nSPS) is 26.9. The highest BCUT2D eigenvalue weighted by atomic mass is 32.2. The Bertz CT molecular complexity index is 318. The number of thioether (sulfide) groups is 1. The van der Waals surface area contributed by atoms with Crippen molar-refractivity contribution in [3.05, 3.63) is 0 Å². The Morgan fingerprint density at radius 3 is 2.55 bits per heavy atom. The van der Waals surface area contributed by atoms with Crippen LogP contribution >= 0.6 is 11.8 Å². The summed E-state index contributed by atoms with van der Waals surface area (Å²) in [4.78, 5) is 16.9. The smallest absolute Gasteiger partial charge is 0.239 e. The van der Waals surface area contributed by atoms with E-state index in [4.69, 9.17) is 5.73 Å². The Kier molecular flexibility index (Phi) is 6.18. The summed E-state index contributed by atoms with van der Waals surface area (Å²) in [5.74, 6) is 1.13. The number of hydrogen-bond donors (Lipinski definition) is 1. The highest BCUT2D eigenvalue weighted by molar-refractivity contribution is 7.98. The van der Waals surface area contributed by atoms with Crippen LogP contribution in [0.25, 0.3) is 0 Å². The lowest BCUT2D eigenvalue weighted by atomic mass is 10.0. The van der Waals surface area contributed by atoms with Gasteiger partial charge in [0.15, 0.2) is 0 Å². The van der Waals surface area contributed by atoms with Gasteiger partial charge in [0, 0.05) is 25.2 Å². The van der Waals surface area contributed by atoms with Gasteiger partial charge in [-0.25, -0.2) is 0 Å². The number of nitrogens with zero attached hydrogens (tertiary/aromatic N) is 2. The van der Waals surface area contributed by atoms with Crippen LogP contribution < -0.4 is 5.73 Å². The summed E-state index contributed by atoms with van der Waals surface area (Å²) in [6, 6.07) is 1.11. The van der Waals surface area contributed by atoms with Gasteiger partial charge in [-0.05, 0) is 57.6 Å². The fourth-order valence-corrected chi connectivity index (χ4v) is 4.01. The van der Waals surface area contributed by atoms with Crippen LogP contribution in [0.5, 0.6) is 0 Å². The second-order valence-electron chi connectivity index (χ2n) is 6.17. The van der Waals surface area contributed by atoms with Crippen molar-refractivity contribution >= 4 is 17.7 Å². The molecule has 0 aromatic carbocycles. The van der Waals surface area contributed by atoms with E-state index in [-0.39, 0.29) is 11.9 Å². The van der Waals surface area contributed by atoms with Crippen molar-refractivity contribution in [3.63, 3.8) is 0 Å². The van der Waals surface area contributed by atoms with Crippen LogP contribution in [0.3, 0.4) is 0 Å². The number of hydrogen-bond acceptors (Lipinski definition) is 4. The van der Waals surface area contributed by atoms with E-state index in [0.29, 0.717) is 6.04 Å². The number of carbonyl (C=O) groups excluding carboxylic acids is 1. The average Bonchev–Trinajstić information content (AvgIpc) is 2.90. The summed E-state index contributed by atoms with van der Waals surface area (Å²) >= 11 is 1.75. The molecule has 1 amide bonds. The van der Waals surface area contributed by atoms with Crippen LogP contribution in [0.4, 0.5) is 0 Å². The van der Waals surface area contributed by atoms with Gasteiger partial charge in [-0.1, -0.05) is 0 Å². The molecule has 2 heterocycles. The maximum atomic E-state index is 12.3. The van der Waals surface area contributed by atoms with Gasteiger partial charge in [0.1, 0.15) is 0 Å². The molecule has 5 heteroatoms. The van der Waals surface area contributed by atoms with Gasteiger partial charge in [0.25, 0.3) is 0 Å². The lowest BCUT2D eigenvalue weighted by Gasteiger charge is -2.39. The predicted octanol–water partition coefficient (Wildman–Crippen LogP) is 1.54. The van der Waals surface area contributed by atoms with E-state index in [1.807, 2.05) is 4.90 Å². The maximum absolute atomic E-state index is 12.3. The third-order valence-corrected chi connectivity index (χ3v) is 5.44. The second kappa shape index (κ2) is 7.66. The summed E-state index contributed by atoms with van der Waals surface area (Å²) in [6.07, 6.45) is 7.75. The van der Waals surface area contributed by atoms with Crippen molar-refractivity contribution in [2.45, 2.75) is 57.2 Å². The third kappa shape index (κ3) is 3.89. The molecule has 2 fully saturated rings. The van der Waals surface area contributed by atoms with Gasteiger partial charge < -0.3 is 10.6 Å². The molecule has 2 rings (SSSR count). The fraction of sp³-hybridized carbons (Fsp3) is 0.933. The number of carbonyl (C=O) groups is 1. The van der Waals surface area contributed by atoms with Gasteiger partial charge in [-0.3, -0.25) is 9.69 Å². The van der Waals surface area contributed by atoms with E-state index in [2.05, 4.69) is 18.1 Å². The Morgan fingerprint density at radius 2 is 2.00 bits per heavy atom. The van der Waals surface area contributed by atoms with Crippen LogP contribution in [0.1, 0.15) is 39.0 Å². The highest BCUT2D eigenvalue weighted by Gasteiger charge is 2.32. The SMILES string of the molecule is CSCC[C@H](N)C(=O)N1CCC(N2CCC[C@@H]2C)CC1. The van der Waals surface area contributed by atoms with Gasteiger partial charge in [0.2, 0.25) is 5.91 Å². The Labute approximate surface area is 127 Å². The molecule has 2 atom stereocenters. The molecule has 0 aromatic rings. The lowest BCUT2D eigenvalue weighted by Crippen LogP contribution is -2.51. The average molecular weight is 299 g/mol. The van der Waals surface area contributed by atoms with Gasteiger partial charge >= 0.3 is 0 Å². The summed E-state index contributed by atoms with van der Waals surface area (Å²) in [5, 5.41) is 0. The minimum absolute atomic E-state index is 0.159. The number of amides is 1. The largest absolute Gasteiger partial charge is 0.341 e. The minimum Gasteiger partial charge on any atom is -0.341 e. The van der Waals surface area contributed by atoms with Crippen LogP contribution in [0, 0.1) is 0 Å². The minimum atomic E-state index is -0.301. The van der Waals surface area contributed by atoms with E-state index in [1.165, 1.54) is 19.4 Å². The van der Waals surface area contributed by atoms with Crippen LogP contribution in [0.2, 0.25) is 0 Å². The summed E-state index contributed by atoms with van der Waals surface area (Å²) < 4.78 is 0. The molecule has 116 valence electrons. The first-order chi connectivity index (χ1) is 9.63. The van der Waals surface area contributed by atoms with Crippen molar-refractivity contribution < 1.29 is 4.79 Å². The molecule has 2 aliphatic rings. The fourth-order valence-electron chi connectivity index (χ4n) is 3.52. The molecule has 0 bridgehead atoms. The zero-order valence-electron chi connectivity index (χ0n) is 12.9. The molecule has 0 aliphatic carbocycles. The van der Waals surface area contributed by atoms with E-state index in [9.17, 15) is 4.79 Å². The van der Waals surface area contributed by atoms with Crippen LogP contribution in [0.15, 0.2) is 0 Å². The van der Waals surface area contributed by atoms with Gasteiger partial charge in [0.05, 0.1) is 6.04 Å². The Balaban J connectivity index is 1.77. The lowest BCUT2D eigenvalue weighted by molar-refractivity contribution is -0.134. The molecule has 0 radical (unpaired) electrons. The maximum Gasteiger partial charge on any atom is 0.239 e. The van der Waals surface area contributed by atoms with Crippen molar-refractivity contribution in [2.24, 2.45) is 5.73 Å². The standard InChI is InChI=1S/C15H29N3OS/c1-12-4-3-8-18(12)13-5-9-17(10-6-13)15(19)14(16)7-11-20-2/h12-14H,3-11,16H2,1-2H3/t12-,14-/m0/s1. The number of likely N-dealkylation sites (tertiary alicyclic amines) is 2. The molecule has 0 saturated carbocycles. The Morgan fingerprint density at radius 1 is 1.30 bits per heavy atom. The van der Waals surface area contributed by atoms with E-state index >= 15 is 0 Å². The quantitative estimate of drug-likeness (QED) is 0.837. The van der Waals surface area contributed by atoms with E-state index < -0.39 is 0 Å². The Hall–Kier alpha value is -0.260. The summed E-state index contributed by atoms with van der Waals surface area (Å²) in [6.45, 7) is 5.36. The summed E-state index contributed by atoms with van der Waals surface area (Å²) in [7, 11) is 0. The zero-order valence-corrected chi connectivity index (χ0v) is 13.7. The molecule has 0 aromatic heterocycles. The van der Waals surface area contributed by atoms with Crippen LogP contribution in [-0.2, 0) is 4.79 Å². The van der Waals surface area contributed by atoms with Crippen molar-refractivity contribution in [1.29, 1.82) is 0 Å². The zero-order chi connectivity index (χ0) is 14.5. The predicted molar refractivity (Wildman–Crippen MR) is 86.0 cm³/mol. The van der Waals surface area contributed by atoms with Crippen LogP contribution in [-0.4, -0.2) is 65.5 Å². The monoisotopic (exact) mass is 299 g/mol. The molecule has 0 unspecified atom stereocenters. The van der Waals surface area contributed by atoms with Crippen molar-refractivity contribution in [2.75, 3.05) is 31.6 Å². The first-order valence-corrected chi connectivity index (χ1v) is 9.32. The van der Waals surface area contributed by atoms with E-state index in [1.54, 1.807) is 11.8 Å². The molecule has 4 nitrogen and oxygen atoms in total. The number of piperidine rings is 1. The molecule has 2 saturated heterocycles. The van der Waals surface area contributed by atoms with Crippen molar-refractivity contribution in [3.8, 4) is 0 Å². The molecule has 2 aliphatic heterocycles. The number of rotatable bonds is 5. The number of nitrogens with two attached hydrogens (primary N) is 1. The molecular weight excluding hydrogens is 270 g/mol. The van der Waals surface area contributed by atoms with Crippen molar-refractivity contribution in [1.82, 2.24) is 9.80 Å². The van der Waals surface area contributed by atoms with Gasteiger partial charge in [-0.15, -0.1) is 0 Å². The molecule has 0 spiro atoms. The topological polar surface area (TPSA) is 49.6 Å². The second-order valence-corrected chi connectivity index (χ2v) is 7.16.